The molecule has 1 amide bonds. The lowest BCUT2D eigenvalue weighted by Gasteiger charge is -2.12. The van der Waals surface area contributed by atoms with Gasteiger partial charge in [0, 0.05) is 25.7 Å². The zero-order chi connectivity index (χ0) is 22.3. The molecule has 31 heavy (non-hydrogen) atoms. The Hall–Kier alpha value is -3.88. The highest BCUT2D eigenvalue weighted by Crippen LogP contribution is 2.31. The van der Waals surface area contributed by atoms with E-state index in [0.29, 0.717) is 23.7 Å². The lowest BCUT2D eigenvalue weighted by atomic mass is 10.1. The number of carbonyl (C=O) groups is 1. The third-order valence-electron chi connectivity index (χ3n) is 5.16. The largest absolute Gasteiger partial charge is 0.490 e. The SMILES string of the molecule is CCOc1cccc2cc(C(C)NC(=O)c3cnc4c(c3)c(=O)n(C)c(=O)n4C)oc12. The van der Waals surface area contributed by atoms with Crippen molar-refractivity contribution in [3.05, 3.63) is 68.7 Å². The zero-order valence-corrected chi connectivity index (χ0v) is 17.6. The molecule has 0 radical (unpaired) electrons. The average molecular weight is 422 g/mol. The molecule has 0 aliphatic rings. The van der Waals surface area contributed by atoms with E-state index in [1.165, 1.54) is 30.9 Å². The number of para-hydroxylation sites is 1. The zero-order valence-electron chi connectivity index (χ0n) is 17.6. The fourth-order valence-electron chi connectivity index (χ4n) is 3.48. The summed E-state index contributed by atoms with van der Waals surface area (Å²) in [6, 6.07) is 8.48. The summed E-state index contributed by atoms with van der Waals surface area (Å²) < 4.78 is 13.8. The Morgan fingerprint density at radius 1 is 1.23 bits per heavy atom. The second-order valence-corrected chi connectivity index (χ2v) is 7.25. The third kappa shape index (κ3) is 3.48. The topological polar surface area (TPSA) is 108 Å². The Morgan fingerprint density at radius 2 is 2.00 bits per heavy atom. The maximum atomic E-state index is 12.8. The molecular weight excluding hydrogens is 400 g/mol. The lowest BCUT2D eigenvalue weighted by molar-refractivity contribution is 0.0935. The molecule has 1 atom stereocenters. The van der Waals surface area contributed by atoms with Gasteiger partial charge in [-0.05, 0) is 32.0 Å². The van der Waals surface area contributed by atoms with Crippen molar-refractivity contribution in [3.63, 3.8) is 0 Å². The van der Waals surface area contributed by atoms with E-state index in [1.807, 2.05) is 31.2 Å². The van der Waals surface area contributed by atoms with Gasteiger partial charge in [-0.1, -0.05) is 12.1 Å². The summed E-state index contributed by atoms with van der Waals surface area (Å²) in [7, 11) is 2.91. The van der Waals surface area contributed by atoms with E-state index >= 15 is 0 Å². The van der Waals surface area contributed by atoms with Crippen molar-refractivity contribution in [3.8, 4) is 5.75 Å². The Labute approximate surface area is 176 Å². The first-order chi connectivity index (χ1) is 14.8. The van der Waals surface area contributed by atoms with Gasteiger partial charge in [-0.2, -0.15) is 0 Å². The first-order valence-corrected chi connectivity index (χ1v) is 9.83. The standard InChI is InChI=1S/C22H22N4O5/c1-5-30-16-8-6-7-13-10-17(31-18(13)16)12(2)24-20(27)14-9-15-19(23-11-14)25(3)22(29)26(4)21(15)28/h6-12H,5H2,1-4H3,(H,24,27). The van der Waals surface area contributed by atoms with Crippen LogP contribution >= 0.6 is 0 Å². The number of nitrogens with zero attached hydrogens (tertiary/aromatic N) is 3. The van der Waals surface area contributed by atoms with Crippen molar-refractivity contribution < 1.29 is 13.9 Å². The molecule has 9 heteroatoms. The minimum atomic E-state index is -0.506. The van der Waals surface area contributed by atoms with Crippen molar-refractivity contribution in [1.82, 2.24) is 19.4 Å². The molecule has 0 saturated heterocycles. The van der Waals surface area contributed by atoms with Crippen molar-refractivity contribution in [2.24, 2.45) is 14.1 Å². The van der Waals surface area contributed by atoms with Crippen LogP contribution in [0, 0.1) is 0 Å². The molecule has 0 bridgehead atoms. The van der Waals surface area contributed by atoms with Crippen LogP contribution in [0.15, 0.2) is 50.5 Å². The summed E-state index contributed by atoms with van der Waals surface area (Å²) >= 11 is 0. The van der Waals surface area contributed by atoms with Crippen molar-refractivity contribution >= 4 is 27.9 Å². The number of benzene rings is 1. The number of nitrogens with one attached hydrogen (secondary N) is 1. The van der Waals surface area contributed by atoms with Crippen LogP contribution in [0.3, 0.4) is 0 Å². The second kappa shape index (κ2) is 7.75. The lowest BCUT2D eigenvalue weighted by Crippen LogP contribution is -2.37. The van der Waals surface area contributed by atoms with Crippen LogP contribution in [0.4, 0.5) is 0 Å². The summed E-state index contributed by atoms with van der Waals surface area (Å²) in [5, 5.41) is 3.92. The van der Waals surface area contributed by atoms with Gasteiger partial charge in [0.1, 0.15) is 11.4 Å². The van der Waals surface area contributed by atoms with Crippen LogP contribution in [0.1, 0.15) is 36.0 Å². The van der Waals surface area contributed by atoms with Gasteiger partial charge in [0.25, 0.3) is 11.5 Å². The fraction of sp³-hybridized carbons (Fsp3) is 0.273. The van der Waals surface area contributed by atoms with E-state index < -0.39 is 23.2 Å². The second-order valence-electron chi connectivity index (χ2n) is 7.25. The van der Waals surface area contributed by atoms with E-state index in [2.05, 4.69) is 10.3 Å². The molecule has 0 aliphatic heterocycles. The number of aryl methyl sites for hydroxylation is 1. The quantitative estimate of drug-likeness (QED) is 0.529. The molecule has 3 aromatic heterocycles. The molecule has 1 N–H and O–H groups in total. The van der Waals surface area contributed by atoms with Crippen LogP contribution in [0.5, 0.6) is 5.75 Å². The molecule has 160 valence electrons. The molecule has 4 rings (SSSR count). The molecule has 3 heterocycles. The Morgan fingerprint density at radius 3 is 2.74 bits per heavy atom. The van der Waals surface area contributed by atoms with Gasteiger partial charge in [-0.3, -0.25) is 18.7 Å². The number of amides is 1. The monoisotopic (exact) mass is 422 g/mol. The maximum absolute atomic E-state index is 12.8. The number of hydrogen-bond donors (Lipinski definition) is 1. The summed E-state index contributed by atoms with van der Waals surface area (Å²) in [4.78, 5) is 41.5. The molecule has 0 fully saturated rings. The van der Waals surface area contributed by atoms with Gasteiger partial charge in [0.05, 0.1) is 23.6 Å². The molecular formula is C22H22N4O5. The first kappa shape index (κ1) is 20.4. The van der Waals surface area contributed by atoms with Crippen molar-refractivity contribution in [2.75, 3.05) is 6.61 Å². The van der Waals surface area contributed by atoms with Gasteiger partial charge >= 0.3 is 5.69 Å². The predicted octanol–water partition coefficient (Wildman–Crippen LogP) is 2.27. The molecule has 0 saturated carbocycles. The number of furan rings is 1. The molecule has 0 aliphatic carbocycles. The Balaban J connectivity index is 1.64. The fourth-order valence-corrected chi connectivity index (χ4v) is 3.48. The van der Waals surface area contributed by atoms with E-state index in [9.17, 15) is 14.4 Å². The summed E-state index contributed by atoms with van der Waals surface area (Å²) in [5.41, 5.74) is 0.0676. The van der Waals surface area contributed by atoms with E-state index in [4.69, 9.17) is 9.15 Å². The van der Waals surface area contributed by atoms with Crippen LogP contribution in [-0.2, 0) is 14.1 Å². The summed E-state index contributed by atoms with van der Waals surface area (Å²) in [6.07, 6.45) is 1.34. The van der Waals surface area contributed by atoms with Crippen LogP contribution in [0.2, 0.25) is 0 Å². The van der Waals surface area contributed by atoms with E-state index in [0.717, 1.165) is 9.95 Å². The Kier molecular flexibility index (Phi) is 5.10. The molecule has 1 unspecified atom stereocenters. The summed E-state index contributed by atoms with van der Waals surface area (Å²) in [6.45, 7) is 4.21. The van der Waals surface area contributed by atoms with Crippen LogP contribution in [-0.4, -0.2) is 26.6 Å². The molecule has 9 nitrogen and oxygen atoms in total. The van der Waals surface area contributed by atoms with Crippen LogP contribution in [0.25, 0.3) is 22.0 Å². The molecule has 4 aromatic rings. The molecule has 1 aromatic carbocycles. The van der Waals surface area contributed by atoms with Gasteiger partial charge in [0.2, 0.25) is 0 Å². The Bertz CT molecular complexity index is 1430. The first-order valence-electron chi connectivity index (χ1n) is 9.83. The number of pyridine rings is 1. The minimum Gasteiger partial charge on any atom is -0.490 e. The van der Waals surface area contributed by atoms with Gasteiger partial charge < -0.3 is 14.5 Å². The number of fused-ring (bicyclic) bond motifs is 2. The predicted molar refractivity (Wildman–Crippen MR) is 115 cm³/mol. The third-order valence-corrected chi connectivity index (χ3v) is 5.16. The van der Waals surface area contributed by atoms with Crippen molar-refractivity contribution in [1.29, 1.82) is 0 Å². The smallest absolute Gasteiger partial charge is 0.332 e. The normalized spacial score (nSPS) is 12.3. The highest BCUT2D eigenvalue weighted by molar-refractivity contribution is 5.97. The average Bonchev–Trinajstić information content (AvgIpc) is 3.21. The minimum absolute atomic E-state index is 0.190. The van der Waals surface area contributed by atoms with Crippen molar-refractivity contribution in [2.45, 2.75) is 19.9 Å². The van der Waals surface area contributed by atoms with Crippen LogP contribution < -0.4 is 21.3 Å². The summed E-state index contributed by atoms with van der Waals surface area (Å²) in [5.74, 6) is 0.802. The maximum Gasteiger partial charge on any atom is 0.332 e. The number of carbonyl (C=O) groups excluding carboxylic acids is 1. The number of ether oxygens (including phenoxy) is 1. The highest BCUT2D eigenvalue weighted by Gasteiger charge is 2.19. The van der Waals surface area contributed by atoms with Gasteiger partial charge in [0.15, 0.2) is 11.3 Å². The van der Waals surface area contributed by atoms with E-state index in [1.54, 1.807) is 6.92 Å². The number of hydrogen-bond acceptors (Lipinski definition) is 6. The van der Waals surface area contributed by atoms with E-state index in [-0.39, 0.29) is 16.6 Å². The molecule has 0 spiro atoms. The number of aromatic nitrogens is 3. The highest BCUT2D eigenvalue weighted by atomic mass is 16.5. The van der Waals surface area contributed by atoms with Gasteiger partial charge in [-0.15, -0.1) is 0 Å². The van der Waals surface area contributed by atoms with Gasteiger partial charge in [-0.25, -0.2) is 9.78 Å². The number of rotatable bonds is 5.